The summed E-state index contributed by atoms with van der Waals surface area (Å²) in [5.74, 6) is -2.18. The number of hydrogen-bond acceptors (Lipinski definition) is 5. The highest BCUT2D eigenvalue weighted by Crippen LogP contribution is 2.20. The van der Waals surface area contributed by atoms with E-state index < -0.39 is 12.1 Å². The number of aryl methyl sites for hydroxylation is 1. The fourth-order valence-electron chi connectivity index (χ4n) is 3.00. The molecule has 0 aliphatic carbocycles. The zero-order valence-electron chi connectivity index (χ0n) is 17.4. The second-order valence-corrected chi connectivity index (χ2v) is 7.09. The van der Waals surface area contributed by atoms with Crippen molar-refractivity contribution in [2.24, 2.45) is 5.73 Å². The molecule has 2 heterocycles. The largest absolute Gasteiger partial charge is 0.490 e. The average molecular weight is 454 g/mol. The molecule has 11 heteroatoms. The lowest BCUT2D eigenvalue weighted by atomic mass is 10.1. The number of ether oxygens (including phenoxy) is 1. The van der Waals surface area contributed by atoms with E-state index in [0.717, 1.165) is 36.3 Å². The van der Waals surface area contributed by atoms with Crippen LogP contribution in [0.1, 0.15) is 24.1 Å². The zero-order chi connectivity index (χ0) is 23.7. The van der Waals surface area contributed by atoms with Crippen LogP contribution >= 0.6 is 0 Å². The van der Waals surface area contributed by atoms with Crippen molar-refractivity contribution in [3.8, 4) is 5.88 Å². The second-order valence-electron chi connectivity index (χ2n) is 7.09. The first kappa shape index (κ1) is 24.9. The molecule has 1 aromatic carbocycles. The summed E-state index contributed by atoms with van der Waals surface area (Å²) < 4.78 is 37.8. The average Bonchev–Trinajstić information content (AvgIpc) is 2.74. The maximum Gasteiger partial charge on any atom is 0.490 e. The molecular weight excluding hydrogens is 429 g/mol. The number of carboxylic acids is 1. The fraction of sp³-hybridized carbons (Fsp3) is 0.381. The number of piperidine rings is 1. The maximum absolute atomic E-state index is 12.4. The number of likely N-dealkylation sites (tertiary alicyclic amines) is 1. The van der Waals surface area contributed by atoms with Gasteiger partial charge in [0.05, 0.1) is 6.54 Å². The zero-order valence-corrected chi connectivity index (χ0v) is 17.4. The molecular formula is C21H25F3N4O4. The summed E-state index contributed by atoms with van der Waals surface area (Å²) in [7, 11) is 0. The number of nitrogens with zero attached hydrogens (tertiary/aromatic N) is 2. The van der Waals surface area contributed by atoms with E-state index in [1.807, 2.05) is 49.4 Å². The molecule has 0 saturated carbocycles. The molecule has 2 aromatic rings. The van der Waals surface area contributed by atoms with Crippen LogP contribution in [0.25, 0.3) is 0 Å². The third-order valence-electron chi connectivity index (χ3n) is 4.45. The molecule has 0 unspecified atom stereocenters. The molecule has 4 N–H and O–H groups in total. The fourth-order valence-corrected chi connectivity index (χ4v) is 3.00. The normalized spacial score (nSPS) is 15.9. The number of halogens is 3. The van der Waals surface area contributed by atoms with Gasteiger partial charge in [0.2, 0.25) is 5.88 Å². The summed E-state index contributed by atoms with van der Waals surface area (Å²) in [6, 6.07) is 13.2. The third kappa shape index (κ3) is 8.06. The summed E-state index contributed by atoms with van der Waals surface area (Å²) in [6.45, 7) is 3.66. The van der Waals surface area contributed by atoms with Crippen molar-refractivity contribution in [1.82, 2.24) is 9.88 Å². The Morgan fingerprint density at radius 1 is 1.28 bits per heavy atom. The smallest absolute Gasteiger partial charge is 0.475 e. The van der Waals surface area contributed by atoms with Crippen molar-refractivity contribution in [2.75, 3.05) is 18.4 Å². The quantitative estimate of drug-likeness (QED) is 0.650. The Labute approximate surface area is 183 Å². The van der Waals surface area contributed by atoms with Crippen LogP contribution in [0.5, 0.6) is 5.88 Å². The number of amides is 2. The molecule has 2 amide bonds. The molecule has 0 spiro atoms. The van der Waals surface area contributed by atoms with Gasteiger partial charge in [0, 0.05) is 30.5 Å². The van der Waals surface area contributed by atoms with Gasteiger partial charge in [-0.15, -0.1) is 0 Å². The SMILES string of the molecule is Cc1cc(CN)cc(O[C@@H]2CCCN(C(=O)Nc3ccccc3)C2)n1.O=C(O)C(F)(F)F. The standard InChI is InChI=1S/C19H24N4O2.C2HF3O2/c1-14-10-15(12-20)11-18(21-14)25-17-8-5-9-23(13-17)19(24)22-16-6-3-2-4-7-16;3-2(4,5)1(6)7/h2-4,6-7,10-11,17H,5,8-9,12-13,20H2,1H3,(H,22,24);(H,6,7)/t17-;/m1./s1. The summed E-state index contributed by atoms with van der Waals surface area (Å²) >= 11 is 0. The number of aliphatic carboxylic acids is 1. The number of carbonyl (C=O) groups excluding carboxylic acids is 1. The summed E-state index contributed by atoms with van der Waals surface area (Å²) in [6.07, 6.45) is -3.33. The Hall–Kier alpha value is -3.34. The number of aromatic nitrogens is 1. The number of para-hydroxylation sites is 1. The first-order chi connectivity index (χ1) is 15.1. The number of carboxylic acid groups (broad SMARTS) is 1. The highest BCUT2D eigenvalue weighted by atomic mass is 19.4. The molecule has 32 heavy (non-hydrogen) atoms. The topological polar surface area (TPSA) is 118 Å². The predicted octanol–water partition coefficient (Wildman–Crippen LogP) is 3.56. The van der Waals surface area contributed by atoms with Crippen molar-refractivity contribution in [3.05, 3.63) is 53.7 Å². The Kier molecular flexibility index (Phi) is 8.82. The van der Waals surface area contributed by atoms with Crippen molar-refractivity contribution in [2.45, 2.75) is 38.6 Å². The number of carbonyl (C=O) groups is 2. The molecule has 3 rings (SSSR count). The number of benzene rings is 1. The van der Waals surface area contributed by atoms with E-state index in [9.17, 15) is 18.0 Å². The molecule has 1 atom stereocenters. The number of hydrogen-bond donors (Lipinski definition) is 3. The van der Waals surface area contributed by atoms with Gasteiger partial charge in [-0.1, -0.05) is 18.2 Å². The van der Waals surface area contributed by atoms with Gasteiger partial charge in [0.1, 0.15) is 6.10 Å². The summed E-state index contributed by atoms with van der Waals surface area (Å²) in [5.41, 5.74) is 8.39. The number of pyridine rings is 1. The predicted molar refractivity (Wildman–Crippen MR) is 111 cm³/mol. The molecule has 0 radical (unpaired) electrons. The van der Waals surface area contributed by atoms with E-state index in [1.54, 1.807) is 4.90 Å². The first-order valence-corrected chi connectivity index (χ1v) is 9.84. The van der Waals surface area contributed by atoms with E-state index in [1.165, 1.54) is 0 Å². The van der Waals surface area contributed by atoms with Crippen molar-refractivity contribution < 1.29 is 32.6 Å². The number of urea groups is 1. The van der Waals surface area contributed by atoms with Crippen LogP contribution < -0.4 is 15.8 Å². The van der Waals surface area contributed by atoms with Gasteiger partial charge in [-0.3, -0.25) is 0 Å². The molecule has 8 nitrogen and oxygen atoms in total. The highest BCUT2D eigenvalue weighted by Gasteiger charge is 2.38. The van der Waals surface area contributed by atoms with Gasteiger partial charge in [-0.2, -0.15) is 13.2 Å². The van der Waals surface area contributed by atoms with Gasteiger partial charge in [-0.05, 0) is 43.5 Å². The lowest BCUT2D eigenvalue weighted by molar-refractivity contribution is -0.192. The third-order valence-corrected chi connectivity index (χ3v) is 4.45. The lowest BCUT2D eigenvalue weighted by Gasteiger charge is -2.32. The lowest BCUT2D eigenvalue weighted by Crippen LogP contribution is -2.46. The Morgan fingerprint density at radius 2 is 1.94 bits per heavy atom. The molecule has 0 bridgehead atoms. The minimum absolute atomic E-state index is 0.0600. The van der Waals surface area contributed by atoms with Crippen LogP contribution in [0.15, 0.2) is 42.5 Å². The van der Waals surface area contributed by atoms with Gasteiger partial charge in [-0.25, -0.2) is 14.6 Å². The van der Waals surface area contributed by atoms with Crippen LogP contribution in [0.3, 0.4) is 0 Å². The number of nitrogens with one attached hydrogen (secondary N) is 1. The van der Waals surface area contributed by atoms with E-state index >= 15 is 0 Å². The second kappa shape index (κ2) is 11.3. The van der Waals surface area contributed by atoms with Crippen LogP contribution in [0.2, 0.25) is 0 Å². The number of anilines is 1. The van der Waals surface area contributed by atoms with Crippen molar-refractivity contribution in [1.29, 1.82) is 0 Å². The Morgan fingerprint density at radius 3 is 2.53 bits per heavy atom. The molecule has 174 valence electrons. The highest BCUT2D eigenvalue weighted by molar-refractivity contribution is 5.89. The Bertz CT molecular complexity index is 910. The number of rotatable bonds is 4. The minimum Gasteiger partial charge on any atom is -0.475 e. The maximum atomic E-state index is 12.4. The van der Waals surface area contributed by atoms with Crippen LogP contribution in [-0.4, -0.2) is 52.4 Å². The van der Waals surface area contributed by atoms with Gasteiger partial charge in [0.25, 0.3) is 0 Å². The van der Waals surface area contributed by atoms with Gasteiger partial charge >= 0.3 is 18.2 Å². The monoisotopic (exact) mass is 454 g/mol. The van der Waals surface area contributed by atoms with Crippen molar-refractivity contribution >= 4 is 17.7 Å². The molecule has 1 aromatic heterocycles. The molecule has 1 aliphatic heterocycles. The van der Waals surface area contributed by atoms with E-state index in [2.05, 4.69) is 10.3 Å². The van der Waals surface area contributed by atoms with Crippen LogP contribution in [-0.2, 0) is 11.3 Å². The number of alkyl halides is 3. The van der Waals surface area contributed by atoms with Gasteiger partial charge in [0.15, 0.2) is 0 Å². The summed E-state index contributed by atoms with van der Waals surface area (Å²) in [5, 5.41) is 10.0. The first-order valence-electron chi connectivity index (χ1n) is 9.84. The van der Waals surface area contributed by atoms with Crippen LogP contribution in [0.4, 0.5) is 23.7 Å². The minimum atomic E-state index is -5.08. The van der Waals surface area contributed by atoms with Gasteiger partial charge < -0.3 is 25.8 Å². The molecule has 1 aliphatic rings. The molecule has 1 saturated heterocycles. The molecule has 1 fully saturated rings. The van der Waals surface area contributed by atoms with E-state index in [-0.39, 0.29) is 12.1 Å². The van der Waals surface area contributed by atoms with E-state index in [0.29, 0.717) is 19.0 Å². The van der Waals surface area contributed by atoms with Crippen LogP contribution in [0, 0.1) is 6.92 Å². The summed E-state index contributed by atoms with van der Waals surface area (Å²) in [4.78, 5) is 27.6. The van der Waals surface area contributed by atoms with Crippen molar-refractivity contribution in [3.63, 3.8) is 0 Å². The van der Waals surface area contributed by atoms with E-state index in [4.69, 9.17) is 20.4 Å². The number of nitrogens with two attached hydrogens (primary N) is 1. The Balaban J connectivity index is 0.000000451.